The Kier molecular flexibility index (Phi) is 16.5. The quantitative estimate of drug-likeness (QED) is 0.0760. The topological polar surface area (TPSA) is 132 Å². The second kappa shape index (κ2) is 18.5. The highest BCUT2D eigenvalue weighted by Crippen LogP contribution is 2.36. The molecule has 0 amide bonds. The van der Waals surface area contributed by atoms with Crippen molar-refractivity contribution in [2.24, 2.45) is 0 Å². The summed E-state index contributed by atoms with van der Waals surface area (Å²) in [5, 5.41) is 0. The fraction of sp³-hybridized carbons (Fsp3) is 0.680. The van der Waals surface area contributed by atoms with Gasteiger partial charge in [-0.15, -0.1) is 0 Å². The van der Waals surface area contributed by atoms with E-state index in [1.807, 2.05) is 0 Å². The highest BCUT2D eigenvalue weighted by molar-refractivity contribution is 7.46. The zero-order valence-electron chi connectivity index (χ0n) is 20.9. The highest BCUT2D eigenvalue weighted by Gasteiger charge is 2.36. The molecule has 1 rings (SSSR count). The Morgan fingerprint density at radius 1 is 0.971 bits per heavy atom. The van der Waals surface area contributed by atoms with Crippen molar-refractivity contribution < 1.29 is 42.7 Å². The summed E-state index contributed by atoms with van der Waals surface area (Å²) in [5.74, 6) is -1.16. The molecule has 35 heavy (non-hydrogen) atoms. The van der Waals surface area contributed by atoms with Gasteiger partial charge in [0.25, 0.3) is 0 Å². The average Bonchev–Trinajstić information content (AvgIpc) is 3.53. The lowest BCUT2D eigenvalue weighted by molar-refractivity contribution is -0.160. The van der Waals surface area contributed by atoms with Crippen molar-refractivity contribution >= 4 is 19.8 Å². The first-order chi connectivity index (χ1) is 16.7. The number of esters is 2. The molecule has 0 aromatic heterocycles. The number of phosphoric acid groups is 1. The Morgan fingerprint density at radius 2 is 1.66 bits per heavy atom. The fourth-order valence-corrected chi connectivity index (χ4v) is 3.60. The van der Waals surface area contributed by atoms with Gasteiger partial charge in [0, 0.05) is 13.3 Å². The molecule has 1 aliphatic heterocycles. The molecule has 10 heteroatoms. The van der Waals surface area contributed by atoms with E-state index < -0.39 is 32.5 Å². The predicted molar refractivity (Wildman–Crippen MR) is 132 cm³/mol. The third-order valence-electron chi connectivity index (χ3n) is 5.14. The minimum absolute atomic E-state index is 0.118. The van der Waals surface area contributed by atoms with Crippen LogP contribution in [0.3, 0.4) is 0 Å². The molecular formula is C25H41O9P. The number of epoxide rings is 1. The van der Waals surface area contributed by atoms with Gasteiger partial charge < -0.3 is 24.0 Å². The van der Waals surface area contributed by atoms with Crippen LogP contribution in [0.2, 0.25) is 0 Å². The summed E-state index contributed by atoms with van der Waals surface area (Å²) in [7, 11) is -4.73. The first-order valence-electron chi connectivity index (χ1n) is 12.3. The molecule has 1 aliphatic rings. The summed E-state index contributed by atoms with van der Waals surface area (Å²) >= 11 is 0. The fourth-order valence-electron chi connectivity index (χ4n) is 3.24. The largest absolute Gasteiger partial charge is 0.469 e. The number of unbranched alkanes of at least 4 members (excludes halogenated alkanes) is 3. The lowest BCUT2D eigenvalue weighted by atomic mass is 10.1. The van der Waals surface area contributed by atoms with Crippen molar-refractivity contribution in [3.8, 4) is 0 Å². The molecule has 1 heterocycles. The smallest absolute Gasteiger partial charge is 0.462 e. The third-order valence-corrected chi connectivity index (χ3v) is 5.63. The van der Waals surface area contributed by atoms with Crippen LogP contribution in [0, 0.1) is 0 Å². The molecular weight excluding hydrogens is 475 g/mol. The summed E-state index contributed by atoms with van der Waals surface area (Å²) in [5.41, 5.74) is 0. The second-order valence-electron chi connectivity index (χ2n) is 8.42. The molecule has 0 aromatic carbocycles. The van der Waals surface area contributed by atoms with E-state index in [1.165, 1.54) is 26.2 Å². The van der Waals surface area contributed by atoms with Gasteiger partial charge in [0.2, 0.25) is 0 Å². The van der Waals surface area contributed by atoms with Crippen molar-refractivity contribution in [3.05, 3.63) is 36.5 Å². The maximum atomic E-state index is 12.0. The maximum Gasteiger partial charge on any atom is 0.469 e. The van der Waals surface area contributed by atoms with Gasteiger partial charge in [-0.05, 0) is 44.9 Å². The molecule has 0 aromatic rings. The van der Waals surface area contributed by atoms with Crippen molar-refractivity contribution in [2.45, 2.75) is 96.4 Å². The zero-order chi connectivity index (χ0) is 25.9. The van der Waals surface area contributed by atoms with Gasteiger partial charge in [0.1, 0.15) is 6.61 Å². The van der Waals surface area contributed by atoms with Crippen LogP contribution in [0.4, 0.5) is 0 Å². The van der Waals surface area contributed by atoms with Crippen LogP contribution in [-0.4, -0.2) is 53.3 Å². The third kappa shape index (κ3) is 19.1. The maximum absolute atomic E-state index is 12.0. The minimum Gasteiger partial charge on any atom is -0.462 e. The van der Waals surface area contributed by atoms with E-state index in [9.17, 15) is 14.2 Å². The van der Waals surface area contributed by atoms with Crippen LogP contribution >= 0.6 is 7.82 Å². The number of phosphoric ester groups is 1. The number of hydrogen-bond donors (Lipinski definition) is 2. The number of ether oxygens (including phenoxy) is 3. The van der Waals surface area contributed by atoms with Gasteiger partial charge in [0.05, 0.1) is 18.8 Å². The van der Waals surface area contributed by atoms with Gasteiger partial charge in [0.15, 0.2) is 6.10 Å². The molecule has 0 saturated carbocycles. The molecule has 2 unspecified atom stereocenters. The number of allylic oxidation sites excluding steroid dienone is 5. The van der Waals surface area contributed by atoms with Crippen molar-refractivity contribution in [1.82, 2.24) is 0 Å². The number of rotatable bonds is 20. The number of hydrogen-bond acceptors (Lipinski definition) is 7. The lowest BCUT2D eigenvalue weighted by Gasteiger charge is -2.17. The molecule has 1 fully saturated rings. The predicted octanol–water partition coefficient (Wildman–Crippen LogP) is 4.93. The van der Waals surface area contributed by atoms with Crippen LogP contribution in [0.15, 0.2) is 36.5 Å². The summed E-state index contributed by atoms with van der Waals surface area (Å²) in [6, 6.07) is 0. The Labute approximate surface area is 208 Å². The van der Waals surface area contributed by atoms with Crippen molar-refractivity contribution in [1.29, 1.82) is 0 Å². The summed E-state index contributed by atoms with van der Waals surface area (Å²) in [4.78, 5) is 40.6. The van der Waals surface area contributed by atoms with E-state index in [1.54, 1.807) is 0 Å². The summed E-state index contributed by atoms with van der Waals surface area (Å²) < 4.78 is 30.7. The van der Waals surface area contributed by atoms with Crippen LogP contribution in [0.1, 0.15) is 78.1 Å². The Morgan fingerprint density at radius 3 is 2.31 bits per heavy atom. The standard InChI is InChI=1S/C25H41O9P/c1-3-4-5-6-7-8-9-10-11-12-13-14-16-23-24(34-23)17-15-18-25(27)33-22(19-31-21(2)26)20-32-35(28,29)30/h7-8,10-11,13-14,22-24H,3-6,9,12,15-20H2,1-2H3,(H2,28,29,30)/b8-7-,11-10-,14-13-/t22-,23?,24?/m1/s1. The van der Waals surface area contributed by atoms with Gasteiger partial charge >= 0.3 is 19.8 Å². The second-order valence-corrected chi connectivity index (χ2v) is 9.66. The summed E-state index contributed by atoms with van der Waals surface area (Å²) in [6.45, 7) is 2.47. The first-order valence-corrected chi connectivity index (χ1v) is 13.9. The van der Waals surface area contributed by atoms with Crippen LogP contribution in [0.5, 0.6) is 0 Å². The Bertz CT molecular complexity index is 741. The van der Waals surface area contributed by atoms with E-state index in [0.717, 1.165) is 25.7 Å². The average molecular weight is 517 g/mol. The number of carbonyl (C=O) groups is 2. The Hall–Kier alpha value is -1.77. The zero-order valence-corrected chi connectivity index (χ0v) is 21.8. The van der Waals surface area contributed by atoms with Crippen molar-refractivity contribution in [2.75, 3.05) is 13.2 Å². The molecule has 2 N–H and O–H groups in total. The van der Waals surface area contributed by atoms with Crippen LogP contribution in [0.25, 0.3) is 0 Å². The van der Waals surface area contributed by atoms with Crippen LogP contribution in [-0.2, 0) is 32.9 Å². The molecule has 0 bridgehead atoms. The van der Waals surface area contributed by atoms with Gasteiger partial charge in [-0.1, -0.05) is 56.2 Å². The van der Waals surface area contributed by atoms with Gasteiger partial charge in [-0.3, -0.25) is 14.1 Å². The van der Waals surface area contributed by atoms with Gasteiger partial charge in [-0.2, -0.15) is 0 Å². The lowest BCUT2D eigenvalue weighted by Crippen LogP contribution is -2.29. The molecule has 200 valence electrons. The van der Waals surface area contributed by atoms with E-state index in [-0.39, 0.29) is 25.2 Å². The summed E-state index contributed by atoms with van der Waals surface area (Å²) in [6.07, 6.45) is 21.3. The molecule has 0 spiro atoms. The molecule has 0 radical (unpaired) electrons. The minimum atomic E-state index is -4.73. The molecule has 9 nitrogen and oxygen atoms in total. The molecule has 0 aliphatic carbocycles. The Balaban J connectivity index is 2.13. The van der Waals surface area contributed by atoms with E-state index in [0.29, 0.717) is 12.8 Å². The molecule has 3 atom stereocenters. The van der Waals surface area contributed by atoms with E-state index >= 15 is 0 Å². The van der Waals surface area contributed by atoms with Gasteiger partial charge in [-0.25, -0.2) is 4.57 Å². The van der Waals surface area contributed by atoms with E-state index in [4.69, 9.17) is 24.0 Å². The highest BCUT2D eigenvalue weighted by atomic mass is 31.2. The monoisotopic (exact) mass is 516 g/mol. The number of carbonyl (C=O) groups excluding carboxylic acids is 2. The van der Waals surface area contributed by atoms with E-state index in [2.05, 4.69) is 47.9 Å². The normalized spacial score (nSPS) is 19.0. The van der Waals surface area contributed by atoms with Crippen LogP contribution < -0.4 is 0 Å². The van der Waals surface area contributed by atoms with Crippen molar-refractivity contribution in [3.63, 3.8) is 0 Å². The first kappa shape index (κ1) is 31.3. The SMILES string of the molecule is CCCCC/C=C\C/C=C\C/C=C\CC1OC1CCCC(=O)O[C@H](COC(C)=O)COP(=O)(O)O. The molecule has 1 saturated heterocycles.